The first-order chi connectivity index (χ1) is 5.52. The second-order valence-electron chi connectivity index (χ2n) is 2.94. The monoisotopic (exact) mass is 238 g/mol. The van der Waals surface area contributed by atoms with E-state index in [9.17, 15) is 0 Å². The Morgan fingerprint density at radius 2 is 1.42 bits per heavy atom. The fourth-order valence-electron chi connectivity index (χ4n) is 1.10. The van der Waals surface area contributed by atoms with Crippen LogP contribution in [0.4, 0.5) is 0 Å². The van der Waals surface area contributed by atoms with E-state index in [0.717, 1.165) is 5.19 Å². The molecule has 0 heterocycles. The highest BCUT2D eigenvalue weighted by Gasteiger charge is 2.11. The second kappa shape index (κ2) is 4.01. The van der Waals surface area contributed by atoms with Gasteiger partial charge in [0.05, 0.1) is 8.80 Å². The van der Waals surface area contributed by atoms with Gasteiger partial charge in [-0.1, -0.05) is 47.9 Å². The Hall–Kier alpha value is 0.307. The summed E-state index contributed by atoms with van der Waals surface area (Å²) in [6.45, 7) is 4.36. The third-order valence-electron chi connectivity index (χ3n) is 1.62. The minimum absolute atomic E-state index is 0.600. The lowest BCUT2D eigenvalue weighted by Crippen LogP contribution is -2.24. The Morgan fingerprint density at radius 1 is 1.00 bits per heavy atom. The van der Waals surface area contributed by atoms with E-state index in [1.54, 1.807) is 12.1 Å². The highest BCUT2D eigenvalue weighted by Crippen LogP contribution is 2.21. The van der Waals surface area contributed by atoms with Crippen LogP contribution in [-0.4, -0.2) is 8.80 Å². The lowest BCUT2D eigenvalue weighted by molar-refractivity contribution is 1.73. The molecule has 4 heteroatoms. The van der Waals surface area contributed by atoms with E-state index < -0.39 is 8.80 Å². The Bertz CT molecular complexity index is 273. The van der Waals surface area contributed by atoms with Crippen molar-refractivity contribution in [2.24, 2.45) is 0 Å². The summed E-state index contributed by atoms with van der Waals surface area (Å²) in [5, 5.41) is 3.11. The molecule has 12 heavy (non-hydrogen) atoms. The van der Waals surface area contributed by atoms with E-state index >= 15 is 0 Å². The number of hydrogen-bond acceptors (Lipinski definition) is 0. The molecular formula is C8H9Cl3Si. The average Bonchev–Trinajstić information content (AvgIpc) is 1.82. The first-order valence-corrected chi connectivity index (χ1v) is 7.69. The van der Waals surface area contributed by atoms with Crippen LogP contribution < -0.4 is 5.19 Å². The number of halogens is 3. The first-order valence-electron chi connectivity index (χ1n) is 3.67. The standard InChI is InChI=1S/C8H9Cl3Si/c1-12(2)8-6(10)3-5(9)4-7(8)11/h3-4,12H,1-2H3. The zero-order valence-corrected chi connectivity index (χ0v) is 10.3. The highest BCUT2D eigenvalue weighted by atomic mass is 35.5. The molecule has 0 atom stereocenters. The Balaban J connectivity index is 3.28. The van der Waals surface area contributed by atoms with Crippen LogP contribution >= 0.6 is 34.8 Å². The van der Waals surface area contributed by atoms with Crippen molar-refractivity contribution < 1.29 is 0 Å². The van der Waals surface area contributed by atoms with Crippen LogP contribution in [0.25, 0.3) is 0 Å². The summed E-state index contributed by atoms with van der Waals surface area (Å²) in [5.74, 6) is 0. The van der Waals surface area contributed by atoms with Gasteiger partial charge in [-0.2, -0.15) is 0 Å². The first kappa shape index (κ1) is 10.4. The molecule has 0 bridgehead atoms. The van der Waals surface area contributed by atoms with Gasteiger partial charge in [0, 0.05) is 15.1 Å². The summed E-state index contributed by atoms with van der Waals surface area (Å²) in [7, 11) is -0.951. The van der Waals surface area contributed by atoms with Crippen molar-refractivity contribution in [1.29, 1.82) is 0 Å². The quantitative estimate of drug-likeness (QED) is 0.660. The van der Waals surface area contributed by atoms with Crippen molar-refractivity contribution in [3.8, 4) is 0 Å². The predicted octanol–water partition coefficient (Wildman–Crippen LogP) is 3.34. The topological polar surface area (TPSA) is 0 Å². The van der Waals surface area contributed by atoms with E-state index in [4.69, 9.17) is 34.8 Å². The largest absolute Gasteiger partial charge is 0.0844 e. The normalized spacial score (nSPS) is 10.8. The van der Waals surface area contributed by atoms with Gasteiger partial charge in [0.2, 0.25) is 0 Å². The van der Waals surface area contributed by atoms with Gasteiger partial charge >= 0.3 is 0 Å². The Kier molecular flexibility index (Phi) is 3.47. The third kappa shape index (κ3) is 2.16. The van der Waals surface area contributed by atoms with Gasteiger partial charge in [-0.25, -0.2) is 0 Å². The Morgan fingerprint density at radius 3 is 1.75 bits per heavy atom. The van der Waals surface area contributed by atoms with Crippen molar-refractivity contribution in [2.45, 2.75) is 13.1 Å². The van der Waals surface area contributed by atoms with Crippen LogP contribution in [0.3, 0.4) is 0 Å². The van der Waals surface area contributed by atoms with Crippen LogP contribution in [0.15, 0.2) is 12.1 Å². The summed E-state index contributed by atoms with van der Waals surface area (Å²) in [4.78, 5) is 0. The lowest BCUT2D eigenvalue weighted by Gasteiger charge is -2.09. The van der Waals surface area contributed by atoms with E-state index in [1.807, 2.05) is 0 Å². The molecule has 0 spiro atoms. The minimum atomic E-state index is -0.951. The second-order valence-corrected chi connectivity index (χ2v) is 7.08. The fraction of sp³-hybridized carbons (Fsp3) is 0.250. The van der Waals surface area contributed by atoms with Crippen LogP contribution in [0.2, 0.25) is 28.2 Å². The molecule has 1 aromatic carbocycles. The molecule has 0 amide bonds. The van der Waals surface area contributed by atoms with Gasteiger partial charge in [-0.3, -0.25) is 0 Å². The van der Waals surface area contributed by atoms with Gasteiger partial charge in [0.1, 0.15) is 0 Å². The van der Waals surface area contributed by atoms with E-state index in [-0.39, 0.29) is 0 Å². The maximum absolute atomic E-state index is 6.00. The Labute approximate surface area is 89.0 Å². The van der Waals surface area contributed by atoms with Crippen molar-refractivity contribution in [3.05, 3.63) is 27.2 Å². The minimum Gasteiger partial charge on any atom is -0.0844 e. The molecule has 0 radical (unpaired) electrons. The molecule has 0 aliphatic carbocycles. The molecule has 0 nitrogen and oxygen atoms in total. The van der Waals surface area contributed by atoms with Crippen molar-refractivity contribution >= 4 is 48.8 Å². The summed E-state index contributed by atoms with van der Waals surface area (Å²) in [5.41, 5.74) is 0. The SMILES string of the molecule is C[SiH](C)c1c(Cl)cc(Cl)cc1Cl. The number of rotatable bonds is 1. The zero-order chi connectivity index (χ0) is 9.30. The van der Waals surface area contributed by atoms with Gasteiger partial charge in [0.25, 0.3) is 0 Å². The van der Waals surface area contributed by atoms with E-state index in [2.05, 4.69) is 13.1 Å². The fourth-order valence-corrected chi connectivity index (χ4v) is 4.50. The molecule has 0 N–H and O–H groups in total. The summed E-state index contributed by atoms with van der Waals surface area (Å²) in [6.07, 6.45) is 0. The van der Waals surface area contributed by atoms with Crippen molar-refractivity contribution in [3.63, 3.8) is 0 Å². The van der Waals surface area contributed by atoms with Crippen LogP contribution in [0.1, 0.15) is 0 Å². The van der Waals surface area contributed by atoms with Crippen molar-refractivity contribution in [1.82, 2.24) is 0 Å². The summed E-state index contributed by atoms with van der Waals surface area (Å²) < 4.78 is 0. The maximum atomic E-state index is 6.00. The molecular weight excluding hydrogens is 231 g/mol. The summed E-state index contributed by atoms with van der Waals surface area (Å²) >= 11 is 17.8. The predicted molar refractivity (Wildman–Crippen MR) is 60.0 cm³/mol. The molecule has 1 rings (SSSR count). The average molecular weight is 240 g/mol. The van der Waals surface area contributed by atoms with E-state index in [1.165, 1.54) is 0 Å². The zero-order valence-electron chi connectivity index (χ0n) is 6.87. The molecule has 0 saturated heterocycles. The van der Waals surface area contributed by atoms with Crippen molar-refractivity contribution in [2.75, 3.05) is 0 Å². The van der Waals surface area contributed by atoms with Crippen LogP contribution in [0, 0.1) is 0 Å². The van der Waals surface area contributed by atoms with Crippen LogP contribution in [0.5, 0.6) is 0 Å². The number of benzene rings is 1. The van der Waals surface area contributed by atoms with E-state index in [0.29, 0.717) is 15.1 Å². The summed E-state index contributed by atoms with van der Waals surface area (Å²) in [6, 6.07) is 3.49. The van der Waals surface area contributed by atoms with Crippen LogP contribution in [-0.2, 0) is 0 Å². The number of hydrogen-bond donors (Lipinski definition) is 0. The molecule has 0 aliphatic rings. The van der Waals surface area contributed by atoms with Gasteiger partial charge in [0.15, 0.2) is 0 Å². The molecule has 66 valence electrons. The van der Waals surface area contributed by atoms with Gasteiger partial charge in [-0.05, 0) is 17.3 Å². The highest BCUT2D eigenvalue weighted by molar-refractivity contribution is 6.75. The smallest absolute Gasteiger partial charge is 0.0686 e. The molecule has 0 saturated carbocycles. The van der Waals surface area contributed by atoms with Gasteiger partial charge < -0.3 is 0 Å². The molecule has 1 aromatic rings. The molecule has 0 aromatic heterocycles. The lowest BCUT2D eigenvalue weighted by atomic mass is 10.3. The maximum Gasteiger partial charge on any atom is 0.0686 e. The molecule has 0 aliphatic heterocycles. The molecule has 0 unspecified atom stereocenters. The molecule has 0 fully saturated rings. The third-order valence-corrected chi connectivity index (χ3v) is 4.61. The van der Waals surface area contributed by atoms with Gasteiger partial charge in [-0.15, -0.1) is 0 Å².